The second kappa shape index (κ2) is 25.7. The van der Waals surface area contributed by atoms with Gasteiger partial charge in [-0.15, -0.1) is 10.2 Å². The second-order valence-corrected chi connectivity index (χ2v) is 18.7. The molecule has 344 valence electrons. The van der Waals surface area contributed by atoms with E-state index in [-0.39, 0.29) is 163 Å². The topological polar surface area (TPSA) is 418 Å². The number of aliphatic hydroxyl groups excluding tert-OH is 2. The summed E-state index contributed by atoms with van der Waals surface area (Å²) in [4.78, 5) is 34.0. The van der Waals surface area contributed by atoms with Crippen molar-refractivity contribution in [2.24, 2.45) is 20.5 Å². The predicted octanol–water partition coefficient (Wildman–Crippen LogP) is -8.04. The van der Waals surface area contributed by atoms with Crippen LogP contribution in [0.15, 0.2) is 137 Å². The van der Waals surface area contributed by atoms with Crippen LogP contribution in [-0.4, -0.2) is 93.2 Å². The number of hydrogen-bond acceptors (Lipinski definition) is 21. The van der Waals surface area contributed by atoms with Crippen molar-refractivity contribution >= 4 is 125 Å². The van der Waals surface area contributed by atoms with Crippen molar-refractivity contribution in [3.05, 3.63) is 97.1 Å². The van der Waals surface area contributed by atoms with E-state index in [1.54, 1.807) is 0 Å². The third-order valence-corrected chi connectivity index (χ3v) is 12.3. The van der Waals surface area contributed by atoms with Gasteiger partial charge in [0.15, 0.2) is 0 Å². The van der Waals surface area contributed by atoms with Crippen molar-refractivity contribution in [3.8, 4) is 0 Å². The van der Waals surface area contributed by atoms with E-state index in [4.69, 9.17) is 0 Å². The first-order chi connectivity index (χ1) is 30.8. The Bertz CT molecular complexity index is 3320. The fourth-order valence-electron chi connectivity index (χ4n) is 6.08. The summed E-state index contributed by atoms with van der Waals surface area (Å²) in [7, 11) is -20.9. The monoisotopic (exact) mass is 1070 g/mol. The third kappa shape index (κ3) is 15.9. The summed E-state index contributed by atoms with van der Waals surface area (Å²) in [6.07, 6.45) is 0. The molecule has 0 bridgehead atoms. The molecule has 0 aliphatic rings. The molecule has 0 aliphatic carbocycles. The van der Waals surface area contributed by atoms with Gasteiger partial charge in [0.05, 0.1) is 42.3 Å². The summed E-state index contributed by atoms with van der Waals surface area (Å²) in [6.45, 7) is -2.06. The van der Waals surface area contributed by atoms with Gasteiger partial charge in [-0.1, -0.05) is 24.3 Å². The van der Waals surface area contributed by atoms with Gasteiger partial charge in [0.2, 0.25) is 11.8 Å². The molecule has 0 atom stereocenters. The van der Waals surface area contributed by atoms with Gasteiger partial charge in [-0.25, -0.2) is 38.5 Å². The summed E-state index contributed by atoms with van der Waals surface area (Å²) in [5.41, 5.74) is -1.73. The number of hydrogen-bond donors (Lipinski definition) is 6. The van der Waals surface area contributed by atoms with Crippen LogP contribution in [0.3, 0.4) is 0 Å². The molecule has 33 heteroatoms. The molecule has 0 heterocycles. The van der Waals surface area contributed by atoms with Gasteiger partial charge in [-0.3, -0.25) is 9.59 Å². The minimum absolute atomic E-state index is 0. The standard InChI is InChI=1S/C37H30N8O17S4.4Na/c46-17-35(48)40-29-13-19(7-9-27(29)44-42-21-11-25-23(33(15-21)65(57,58)59)3-1-5-31(25)63(51,52)53)38-37(50)39-20-8-10-28(30(14-20)41-36(49)18-47)45-43-22-12-26-24(34(16-22)66(60,61)62)4-2-6-32(26)64(54,55)56;;;;/h1-16,46-47H,17-18H2,(H,40,48)(H,41,49)(H2,38,39,50)(H,51,52,53)(H,54,55,56)(H,57,58,59)(H,60,61,62);;;;/q;4*+1/p-4. The number of nitrogens with one attached hydrogen (secondary N) is 4. The van der Waals surface area contributed by atoms with E-state index < -0.39 is 113 Å². The first-order valence-electron chi connectivity index (χ1n) is 17.8. The fourth-order valence-corrected chi connectivity index (χ4v) is 8.87. The largest absolute Gasteiger partial charge is 1.00 e. The van der Waals surface area contributed by atoms with Gasteiger partial charge in [0, 0.05) is 32.9 Å². The van der Waals surface area contributed by atoms with E-state index in [0.717, 1.165) is 72.8 Å². The molecule has 0 aromatic heterocycles. The van der Waals surface area contributed by atoms with E-state index >= 15 is 0 Å². The molecule has 6 rings (SSSR count). The van der Waals surface area contributed by atoms with Crippen molar-refractivity contribution in [2.45, 2.75) is 19.6 Å². The van der Waals surface area contributed by atoms with Crippen LogP contribution in [-0.2, 0) is 50.1 Å². The Balaban J connectivity index is 0.00000420. The van der Waals surface area contributed by atoms with E-state index in [1.807, 2.05) is 0 Å². The smallest absolute Gasteiger partial charge is 0.744 e. The zero-order chi connectivity index (χ0) is 48.4. The van der Waals surface area contributed by atoms with Gasteiger partial charge in [0.1, 0.15) is 65.1 Å². The van der Waals surface area contributed by atoms with Crippen molar-refractivity contribution in [1.29, 1.82) is 0 Å². The summed E-state index contributed by atoms with van der Waals surface area (Å²) in [5, 5.41) is 42.1. The zero-order valence-electron chi connectivity index (χ0n) is 36.6. The number of aliphatic hydroxyl groups is 2. The van der Waals surface area contributed by atoms with E-state index in [1.165, 1.54) is 24.3 Å². The van der Waals surface area contributed by atoms with Crippen LogP contribution in [0, 0.1) is 0 Å². The van der Waals surface area contributed by atoms with Crippen molar-refractivity contribution in [3.63, 3.8) is 0 Å². The van der Waals surface area contributed by atoms with Gasteiger partial charge in [-0.2, -0.15) is 10.2 Å². The Morgan fingerprint density at radius 2 is 0.771 bits per heavy atom. The minimum Gasteiger partial charge on any atom is -0.744 e. The number of nitrogens with zero attached hydrogens (tertiary/aromatic N) is 4. The van der Waals surface area contributed by atoms with Gasteiger partial charge in [-0.05, 0) is 72.8 Å². The molecule has 0 fully saturated rings. The zero-order valence-corrected chi connectivity index (χ0v) is 47.9. The Hall–Kier alpha value is -3.19. The number of carbonyl (C=O) groups excluding carboxylic acids is 3. The first-order valence-corrected chi connectivity index (χ1v) is 23.5. The van der Waals surface area contributed by atoms with Crippen LogP contribution >= 0.6 is 0 Å². The third-order valence-electron chi connectivity index (χ3n) is 8.77. The Morgan fingerprint density at radius 1 is 0.429 bits per heavy atom. The number of urea groups is 1. The molecule has 0 aliphatic heterocycles. The van der Waals surface area contributed by atoms with Crippen LogP contribution in [0.5, 0.6) is 0 Å². The molecule has 0 radical (unpaired) electrons. The van der Waals surface area contributed by atoms with Crippen molar-refractivity contribution in [1.82, 2.24) is 0 Å². The van der Waals surface area contributed by atoms with Crippen LogP contribution in [0.4, 0.5) is 50.3 Å². The van der Waals surface area contributed by atoms with Crippen molar-refractivity contribution < 1.29 is 195 Å². The minimum atomic E-state index is -5.27. The van der Waals surface area contributed by atoms with E-state index in [9.17, 15) is 76.5 Å². The quantitative estimate of drug-likeness (QED) is 0.0335. The Labute approximate surface area is 485 Å². The van der Waals surface area contributed by atoms with E-state index in [2.05, 4.69) is 41.7 Å². The number of rotatable bonds is 14. The number of anilines is 4. The molecule has 0 unspecified atom stereocenters. The molecule has 0 spiro atoms. The Kier molecular flexibility index (Phi) is 23.1. The maximum absolute atomic E-state index is 13.1. The van der Waals surface area contributed by atoms with Crippen LogP contribution in [0.25, 0.3) is 21.5 Å². The SMILES string of the molecule is O=C(CO)Nc1cc(NC(=O)Nc2ccc(N=Nc3cc(S(=O)(=O)[O-])c4cccc(S(=O)(=O)[O-])c4c3)c(NC(=O)CO)c2)ccc1N=Nc1cc(S(=O)(=O)[O-])c2cccc(S(=O)(=O)[O-])c2c1.[Na+].[Na+].[Na+].[Na+]. The fraction of sp³-hybridized carbons (Fsp3) is 0.0541. The molecular formula is C37H26N8Na4O17S4. The molecule has 0 saturated carbocycles. The number of azo groups is 2. The summed E-state index contributed by atoms with van der Waals surface area (Å²) >= 11 is 0. The van der Waals surface area contributed by atoms with Crippen LogP contribution in [0.2, 0.25) is 0 Å². The maximum Gasteiger partial charge on any atom is 1.00 e. The number of carbonyl (C=O) groups is 3. The van der Waals surface area contributed by atoms with Gasteiger partial charge >= 0.3 is 124 Å². The maximum atomic E-state index is 13.1. The molecule has 4 amide bonds. The molecule has 6 aromatic carbocycles. The van der Waals surface area contributed by atoms with Crippen molar-refractivity contribution in [2.75, 3.05) is 34.5 Å². The predicted molar refractivity (Wildman–Crippen MR) is 225 cm³/mol. The molecule has 25 nitrogen and oxygen atoms in total. The number of benzene rings is 6. The second-order valence-electron chi connectivity index (χ2n) is 13.3. The van der Waals surface area contributed by atoms with Crippen LogP contribution < -0.4 is 139 Å². The van der Waals surface area contributed by atoms with E-state index in [0.29, 0.717) is 0 Å². The average Bonchev–Trinajstić information content (AvgIpc) is 3.23. The van der Waals surface area contributed by atoms with Gasteiger partial charge < -0.3 is 49.7 Å². The van der Waals surface area contributed by atoms with Crippen LogP contribution in [0.1, 0.15) is 0 Å². The first kappa shape index (κ1) is 62.9. The Morgan fingerprint density at radius 3 is 1.09 bits per heavy atom. The van der Waals surface area contributed by atoms with Gasteiger partial charge in [0.25, 0.3) is 0 Å². The molecule has 70 heavy (non-hydrogen) atoms. The normalized spacial score (nSPS) is 11.7. The molecule has 6 N–H and O–H groups in total. The molecular weight excluding hydrogens is 1050 g/mol. The number of amides is 4. The number of fused-ring (bicyclic) bond motifs is 2. The summed E-state index contributed by atoms with van der Waals surface area (Å²) < 4.78 is 144. The molecule has 6 aromatic rings. The average molecular weight is 1070 g/mol. The summed E-state index contributed by atoms with van der Waals surface area (Å²) in [5.74, 6) is -1.95. The molecule has 0 saturated heterocycles. The summed E-state index contributed by atoms with van der Waals surface area (Å²) in [6, 6.07) is 15.8.